The monoisotopic (exact) mass is 477 g/mol. The molecule has 2 aromatic carbocycles. The molecule has 3 rings (SSSR count). The molecule has 2 aromatic rings. The number of halogens is 4. The zero-order valence-corrected chi connectivity index (χ0v) is 18.7. The van der Waals surface area contributed by atoms with Gasteiger partial charge in [-0.25, -0.2) is 4.99 Å². The highest BCUT2D eigenvalue weighted by Gasteiger charge is 2.35. The number of alkyl halides is 3. The first kappa shape index (κ1) is 24.4. The van der Waals surface area contributed by atoms with Gasteiger partial charge in [-0.3, -0.25) is 10.1 Å². The number of hydrogen-bond acceptors (Lipinski definition) is 3. The zero-order valence-electron chi connectivity index (χ0n) is 17.9. The molecule has 10 heteroatoms. The van der Waals surface area contributed by atoms with Crippen LogP contribution in [0.3, 0.4) is 0 Å². The topological polar surface area (TPSA) is 71.7 Å². The van der Waals surface area contributed by atoms with Crippen LogP contribution in [0, 0.1) is 11.5 Å². The summed E-state index contributed by atoms with van der Waals surface area (Å²) in [5, 5.41) is 12.3. The van der Waals surface area contributed by atoms with E-state index < -0.39 is 17.8 Å². The predicted octanol–water partition coefficient (Wildman–Crippen LogP) is 4.41. The van der Waals surface area contributed by atoms with Crippen LogP contribution < -0.4 is 5.32 Å². The molecule has 1 aliphatic heterocycles. The van der Waals surface area contributed by atoms with Crippen LogP contribution in [-0.4, -0.2) is 41.3 Å². The lowest BCUT2D eigenvalue weighted by molar-refractivity contribution is -0.137. The fraction of sp³-hybridized carbons (Fsp3) is 0.348. The van der Waals surface area contributed by atoms with Gasteiger partial charge in [0, 0.05) is 25.2 Å². The largest absolute Gasteiger partial charge is 0.416 e. The van der Waals surface area contributed by atoms with Crippen LogP contribution in [0.4, 0.5) is 13.2 Å². The number of benzene rings is 2. The second-order valence-corrected chi connectivity index (χ2v) is 8.18. The van der Waals surface area contributed by atoms with Crippen molar-refractivity contribution in [2.45, 2.75) is 38.1 Å². The van der Waals surface area contributed by atoms with Gasteiger partial charge in [-0.2, -0.15) is 18.4 Å². The van der Waals surface area contributed by atoms with E-state index in [1.54, 1.807) is 29.0 Å². The molecule has 1 aliphatic rings. The molecular formula is C23H23ClF3N5O. The fourth-order valence-corrected chi connectivity index (χ4v) is 3.82. The number of likely N-dealkylation sites (N-methyl/N-ethyl adjacent to an activating group) is 1. The summed E-state index contributed by atoms with van der Waals surface area (Å²) in [7, 11) is 1.71. The molecule has 1 amide bonds. The van der Waals surface area contributed by atoms with Gasteiger partial charge in [-0.05, 0) is 48.2 Å². The van der Waals surface area contributed by atoms with E-state index in [1.807, 2.05) is 18.3 Å². The number of nitriles is 1. The van der Waals surface area contributed by atoms with E-state index in [-0.39, 0.29) is 18.4 Å². The minimum Gasteiger partial charge on any atom is -0.340 e. The number of aliphatic imine (C=N–C) groups is 1. The number of guanidine groups is 1. The Labute approximate surface area is 195 Å². The van der Waals surface area contributed by atoms with Crippen LogP contribution in [0.15, 0.2) is 53.5 Å². The number of rotatable bonds is 5. The van der Waals surface area contributed by atoms with Gasteiger partial charge in [0.15, 0.2) is 6.19 Å². The third kappa shape index (κ3) is 6.39. The number of carbonyl (C=O) groups excluding carboxylic acids is 1. The number of nitrogens with zero attached hydrogens (tertiary/aromatic N) is 4. The number of carbonyl (C=O) groups is 1. The molecule has 0 saturated carbocycles. The van der Waals surface area contributed by atoms with E-state index in [1.165, 1.54) is 12.1 Å². The van der Waals surface area contributed by atoms with Crippen LogP contribution in [0.5, 0.6) is 0 Å². The minimum absolute atomic E-state index is 0.0696. The van der Waals surface area contributed by atoms with Crippen molar-refractivity contribution in [3.63, 3.8) is 0 Å². The van der Waals surface area contributed by atoms with Crippen molar-refractivity contribution in [2.24, 2.45) is 4.99 Å². The lowest BCUT2D eigenvalue weighted by Crippen LogP contribution is -2.49. The van der Waals surface area contributed by atoms with Crippen molar-refractivity contribution in [1.82, 2.24) is 15.1 Å². The first-order valence-electron chi connectivity index (χ1n) is 10.3. The maximum Gasteiger partial charge on any atom is 0.416 e. The Morgan fingerprint density at radius 2 is 1.85 bits per heavy atom. The van der Waals surface area contributed by atoms with Crippen LogP contribution in [-0.2, 0) is 24.1 Å². The van der Waals surface area contributed by atoms with Crippen molar-refractivity contribution in [1.29, 1.82) is 5.26 Å². The molecule has 1 heterocycles. The average Bonchev–Trinajstić information content (AvgIpc) is 3.27. The minimum atomic E-state index is -4.41. The molecule has 33 heavy (non-hydrogen) atoms. The lowest BCUT2D eigenvalue weighted by Gasteiger charge is -2.29. The molecule has 174 valence electrons. The molecule has 1 saturated heterocycles. The third-order valence-electron chi connectivity index (χ3n) is 5.38. The SMILES string of the molecule is CN(Cc1ccc(Cl)cc1)C(=O)[C@H]1CCCN1C(=NCc1ccc(C(F)(F)F)cc1)NC#N. The Hall–Kier alpha value is -3.25. The van der Waals surface area contributed by atoms with Crippen molar-refractivity contribution in [3.8, 4) is 6.19 Å². The zero-order chi connectivity index (χ0) is 24.0. The Kier molecular flexibility index (Phi) is 7.82. The summed E-state index contributed by atoms with van der Waals surface area (Å²) < 4.78 is 38.3. The van der Waals surface area contributed by atoms with E-state index >= 15 is 0 Å². The second-order valence-electron chi connectivity index (χ2n) is 7.74. The van der Waals surface area contributed by atoms with E-state index in [0.717, 1.165) is 24.1 Å². The molecule has 0 radical (unpaired) electrons. The predicted molar refractivity (Wildman–Crippen MR) is 119 cm³/mol. The molecule has 1 N–H and O–H groups in total. The fourth-order valence-electron chi connectivity index (χ4n) is 3.69. The first-order valence-corrected chi connectivity index (χ1v) is 10.7. The number of nitrogens with one attached hydrogen (secondary N) is 1. The summed E-state index contributed by atoms with van der Waals surface area (Å²) in [6, 6.07) is 11.4. The number of amides is 1. The Morgan fingerprint density at radius 1 is 1.21 bits per heavy atom. The van der Waals surface area contributed by atoms with Crippen LogP contribution in [0.25, 0.3) is 0 Å². The summed E-state index contributed by atoms with van der Waals surface area (Å²) in [5.41, 5.74) is 0.757. The molecule has 6 nitrogen and oxygen atoms in total. The summed E-state index contributed by atoms with van der Waals surface area (Å²) in [6.45, 7) is 1.01. The van der Waals surface area contributed by atoms with Crippen molar-refractivity contribution < 1.29 is 18.0 Å². The molecular weight excluding hydrogens is 455 g/mol. The third-order valence-corrected chi connectivity index (χ3v) is 5.63. The van der Waals surface area contributed by atoms with Gasteiger partial charge < -0.3 is 9.80 Å². The average molecular weight is 478 g/mol. The van der Waals surface area contributed by atoms with Crippen LogP contribution in [0.1, 0.15) is 29.5 Å². The molecule has 0 bridgehead atoms. The van der Waals surface area contributed by atoms with E-state index in [4.69, 9.17) is 11.6 Å². The van der Waals surface area contributed by atoms with Gasteiger partial charge in [-0.15, -0.1) is 0 Å². The van der Waals surface area contributed by atoms with Gasteiger partial charge >= 0.3 is 6.18 Å². The molecule has 0 aliphatic carbocycles. The van der Waals surface area contributed by atoms with Crippen LogP contribution in [0.2, 0.25) is 5.02 Å². The second kappa shape index (κ2) is 10.6. The van der Waals surface area contributed by atoms with Gasteiger partial charge in [0.05, 0.1) is 12.1 Å². The lowest BCUT2D eigenvalue weighted by atomic mass is 10.1. The highest BCUT2D eigenvalue weighted by atomic mass is 35.5. The Balaban J connectivity index is 1.71. The Bertz CT molecular complexity index is 1030. The van der Waals surface area contributed by atoms with Gasteiger partial charge in [0.25, 0.3) is 0 Å². The first-order chi connectivity index (χ1) is 15.7. The number of likely N-dealkylation sites (tertiary alicyclic amines) is 1. The summed E-state index contributed by atoms with van der Waals surface area (Å²) in [4.78, 5) is 20.9. The van der Waals surface area contributed by atoms with Crippen molar-refractivity contribution >= 4 is 23.5 Å². The van der Waals surface area contributed by atoms with Crippen LogP contribution >= 0.6 is 11.6 Å². The highest BCUT2D eigenvalue weighted by molar-refractivity contribution is 6.30. The standard InChI is InChI=1S/C23H23ClF3N5O/c1-31(14-17-6-10-19(24)11-7-17)21(33)20-3-2-12-32(20)22(30-15-28)29-13-16-4-8-18(9-5-16)23(25,26)27/h4-11,20H,2-3,12-14H2,1H3,(H,29,30)/t20-/m1/s1. The summed E-state index contributed by atoms with van der Waals surface area (Å²) in [5.74, 6) is 0.123. The molecule has 0 aromatic heterocycles. The number of hydrogen-bond donors (Lipinski definition) is 1. The van der Waals surface area contributed by atoms with E-state index in [0.29, 0.717) is 30.1 Å². The molecule has 0 unspecified atom stereocenters. The van der Waals surface area contributed by atoms with Crippen molar-refractivity contribution in [2.75, 3.05) is 13.6 Å². The van der Waals surface area contributed by atoms with Gasteiger partial charge in [0.2, 0.25) is 11.9 Å². The maximum atomic E-state index is 13.1. The smallest absolute Gasteiger partial charge is 0.340 e. The summed E-state index contributed by atoms with van der Waals surface area (Å²) in [6.07, 6.45) is -1.22. The molecule has 0 spiro atoms. The van der Waals surface area contributed by atoms with E-state index in [9.17, 15) is 23.2 Å². The molecule has 1 atom stereocenters. The molecule has 1 fully saturated rings. The quantitative estimate of drug-likeness (QED) is 0.300. The Morgan fingerprint density at radius 3 is 2.45 bits per heavy atom. The maximum absolute atomic E-state index is 13.1. The van der Waals surface area contributed by atoms with Gasteiger partial charge in [0.1, 0.15) is 6.04 Å². The highest BCUT2D eigenvalue weighted by Crippen LogP contribution is 2.29. The van der Waals surface area contributed by atoms with Gasteiger partial charge in [-0.1, -0.05) is 35.9 Å². The normalized spacial score (nSPS) is 16.4. The summed E-state index contributed by atoms with van der Waals surface area (Å²) >= 11 is 5.92. The van der Waals surface area contributed by atoms with Crippen molar-refractivity contribution in [3.05, 3.63) is 70.2 Å². The van der Waals surface area contributed by atoms with E-state index in [2.05, 4.69) is 10.3 Å².